The topological polar surface area (TPSA) is 72.6 Å². The molecule has 4 nitrogen and oxygen atoms in total. The molecule has 2 fully saturated rings. The Bertz CT molecular complexity index is 194. The van der Waals surface area contributed by atoms with Crippen LogP contribution in [0.5, 0.6) is 0 Å². The van der Waals surface area contributed by atoms with E-state index in [-0.39, 0.29) is 24.0 Å². The van der Waals surface area contributed by atoms with E-state index < -0.39 is 6.10 Å². The minimum absolute atomic E-state index is 0.160. The first-order valence-corrected chi connectivity index (χ1v) is 3.81. The molecule has 0 aromatic carbocycles. The molecule has 1 saturated carbocycles. The van der Waals surface area contributed by atoms with E-state index in [1.165, 1.54) is 0 Å². The van der Waals surface area contributed by atoms with Gasteiger partial charge in [0.2, 0.25) is 0 Å². The Kier molecular flexibility index (Phi) is 1.40. The van der Waals surface area contributed by atoms with Crippen molar-refractivity contribution in [3.8, 4) is 0 Å². The number of rotatable bonds is 0. The summed E-state index contributed by atoms with van der Waals surface area (Å²) in [4.78, 5) is 10.7. The fourth-order valence-electron chi connectivity index (χ4n) is 1.93. The van der Waals surface area contributed by atoms with E-state index in [4.69, 9.17) is 10.5 Å². The lowest BCUT2D eigenvalue weighted by molar-refractivity contribution is -0.145. The minimum atomic E-state index is -0.647. The molecule has 0 spiro atoms. The SMILES string of the molecule is N[C@H]1C[C@H]2CC(=O)O[C@H]2[C@@H]1O. The van der Waals surface area contributed by atoms with Crippen molar-refractivity contribution in [2.45, 2.75) is 31.1 Å². The molecule has 0 aromatic heterocycles. The van der Waals surface area contributed by atoms with E-state index in [0.29, 0.717) is 12.8 Å². The molecule has 0 bridgehead atoms. The zero-order valence-electron chi connectivity index (χ0n) is 6.06. The maximum Gasteiger partial charge on any atom is 0.306 e. The van der Waals surface area contributed by atoms with Crippen molar-refractivity contribution in [1.29, 1.82) is 0 Å². The van der Waals surface area contributed by atoms with Crippen molar-refractivity contribution < 1.29 is 14.6 Å². The first-order valence-electron chi connectivity index (χ1n) is 3.81. The van der Waals surface area contributed by atoms with Gasteiger partial charge in [0.05, 0.1) is 6.42 Å². The van der Waals surface area contributed by atoms with Gasteiger partial charge >= 0.3 is 5.97 Å². The summed E-state index contributed by atoms with van der Waals surface area (Å²) in [6.07, 6.45) is 0.163. The van der Waals surface area contributed by atoms with Gasteiger partial charge in [-0.25, -0.2) is 0 Å². The average molecular weight is 157 g/mol. The first-order chi connectivity index (χ1) is 5.18. The van der Waals surface area contributed by atoms with Crippen LogP contribution >= 0.6 is 0 Å². The van der Waals surface area contributed by atoms with Gasteiger partial charge in [-0.2, -0.15) is 0 Å². The molecule has 62 valence electrons. The average Bonchev–Trinajstić information content (AvgIpc) is 2.37. The van der Waals surface area contributed by atoms with Crippen molar-refractivity contribution in [3.63, 3.8) is 0 Å². The molecule has 2 aliphatic rings. The predicted molar refractivity (Wildman–Crippen MR) is 36.6 cm³/mol. The zero-order chi connectivity index (χ0) is 8.01. The maximum atomic E-state index is 10.7. The van der Waals surface area contributed by atoms with Gasteiger partial charge < -0.3 is 15.6 Å². The van der Waals surface area contributed by atoms with Crippen LogP contribution in [0, 0.1) is 5.92 Å². The summed E-state index contributed by atoms with van der Waals surface area (Å²) in [6, 6.07) is -0.210. The Hall–Kier alpha value is -0.610. The second-order valence-corrected chi connectivity index (χ2v) is 3.31. The fourth-order valence-corrected chi connectivity index (χ4v) is 1.93. The highest BCUT2D eigenvalue weighted by atomic mass is 16.6. The highest BCUT2D eigenvalue weighted by molar-refractivity contribution is 5.72. The molecule has 2 rings (SSSR count). The third kappa shape index (κ3) is 0.937. The van der Waals surface area contributed by atoms with Gasteiger partial charge in [0, 0.05) is 12.0 Å². The minimum Gasteiger partial charge on any atom is -0.459 e. The Morgan fingerprint density at radius 1 is 1.64 bits per heavy atom. The number of carbonyl (C=O) groups is 1. The summed E-state index contributed by atoms with van der Waals surface area (Å²) in [7, 11) is 0. The Morgan fingerprint density at radius 2 is 2.36 bits per heavy atom. The molecular formula is C7H11NO3. The quantitative estimate of drug-likeness (QED) is 0.443. The van der Waals surface area contributed by atoms with Crippen LogP contribution < -0.4 is 5.73 Å². The van der Waals surface area contributed by atoms with E-state index in [1.807, 2.05) is 0 Å². The number of esters is 1. The molecule has 1 heterocycles. The highest BCUT2D eigenvalue weighted by Crippen LogP contribution is 2.35. The molecule has 0 unspecified atom stereocenters. The van der Waals surface area contributed by atoms with Crippen molar-refractivity contribution in [1.82, 2.24) is 0 Å². The van der Waals surface area contributed by atoms with Gasteiger partial charge in [-0.05, 0) is 6.42 Å². The van der Waals surface area contributed by atoms with Crippen LogP contribution in [-0.4, -0.2) is 29.3 Å². The fraction of sp³-hybridized carbons (Fsp3) is 0.857. The largest absolute Gasteiger partial charge is 0.459 e. The van der Waals surface area contributed by atoms with Crippen LogP contribution in [-0.2, 0) is 9.53 Å². The Morgan fingerprint density at radius 3 is 3.00 bits per heavy atom. The summed E-state index contributed by atoms with van der Waals surface area (Å²) in [6.45, 7) is 0. The monoisotopic (exact) mass is 157 g/mol. The lowest BCUT2D eigenvalue weighted by Gasteiger charge is -2.13. The standard InChI is InChI=1S/C7H11NO3/c8-4-1-3-2-5(9)11-7(3)6(4)10/h3-4,6-7,10H,1-2,8H2/t3-,4-,6+,7+/m0/s1. The molecule has 11 heavy (non-hydrogen) atoms. The zero-order valence-corrected chi connectivity index (χ0v) is 6.06. The van der Waals surface area contributed by atoms with Crippen molar-refractivity contribution >= 4 is 5.97 Å². The molecule has 4 heteroatoms. The number of fused-ring (bicyclic) bond motifs is 1. The number of ether oxygens (including phenoxy) is 1. The lowest BCUT2D eigenvalue weighted by Crippen LogP contribution is -2.36. The highest BCUT2D eigenvalue weighted by Gasteiger charge is 2.48. The van der Waals surface area contributed by atoms with E-state index in [9.17, 15) is 9.90 Å². The predicted octanol–water partition coefficient (Wildman–Crippen LogP) is -0.990. The van der Waals surface area contributed by atoms with E-state index in [2.05, 4.69) is 0 Å². The summed E-state index contributed by atoms with van der Waals surface area (Å²) in [5.41, 5.74) is 5.57. The third-order valence-corrected chi connectivity index (χ3v) is 2.51. The van der Waals surface area contributed by atoms with Crippen LogP contribution in [0.1, 0.15) is 12.8 Å². The number of nitrogens with two attached hydrogens (primary N) is 1. The van der Waals surface area contributed by atoms with Crippen molar-refractivity contribution in [2.24, 2.45) is 11.7 Å². The normalized spacial score (nSPS) is 49.1. The molecule has 0 aromatic rings. The first kappa shape index (κ1) is 7.06. The second kappa shape index (κ2) is 2.19. The number of hydrogen-bond donors (Lipinski definition) is 2. The van der Waals surface area contributed by atoms with Gasteiger partial charge in [0.15, 0.2) is 0 Å². The third-order valence-electron chi connectivity index (χ3n) is 2.51. The molecule has 3 N–H and O–H groups in total. The van der Waals surface area contributed by atoms with Gasteiger partial charge in [0.25, 0.3) is 0 Å². The van der Waals surface area contributed by atoms with Crippen LogP contribution in [0.15, 0.2) is 0 Å². The number of carbonyl (C=O) groups excluding carboxylic acids is 1. The molecule has 0 radical (unpaired) electrons. The van der Waals surface area contributed by atoms with Crippen LogP contribution in [0.3, 0.4) is 0 Å². The molecular weight excluding hydrogens is 146 g/mol. The summed E-state index contributed by atoms with van der Waals surface area (Å²) in [5, 5.41) is 9.38. The molecule has 0 amide bonds. The summed E-state index contributed by atoms with van der Waals surface area (Å²) in [5.74, 6) is -0.0431. The summed E-state index contributed by atoms with van der Waals surface area (Å²) < 4.78 is 4.90. The number of aliphatic hydroxyl groups is 1. The van der Waals surface area contributed by atoms with Gasteiger partial charge in [-0.15, -0.1) is 0 Å². The van der Waals surface area contributed by atoms with Gasteiger partial charge in [0.1, 0.15) is 12.2 Å². The maximum absolute atomic E-state index is 10.7. The van der Waals surface area contributed by atoms with Crippen LogP contribution in [0.4, 0.5) is 0 Å². The van der Waals surface area contributed by atoms with Crippen molar-refractivity contribution in [3.05, 3.63) is 0 Å². The van der Waals surface area contributed by atoms with E-state index >= 15 is 0 Å². The van der Waals surface area contributed by atoms with E-state index in [1.54, 1.807) is 0 Å². The Balaban J connectivity index is 2.13. The van der Waals surface area contributed by atoms with E-state index in [0.717, 1.165) is 0 Å². The second-order valence-electron chi connectivity index (χ2n) is 3.31. The van der Waals surface area contributed by atoms with Gasteiger partial charge in [-0.1, -0.05) is 0 Å². The molecule has 1 aliphatic carbocycles. The summed E-state index contributed by atoms with van der Waals surface area (Å²) >= 11 is 0. The lowest BCUT2D eigenvalue weighted by atomic mass is 10.0. The van der Waals surface area contributed by atoms with Crippen LogP contribution in [0.2, 0.25) is 0 Å². The van der Waals surface area contributed by atoms with Crippen LogP contribution in [0.25, 0.3) is 0 Å². The number of hydrogen-bond acceptors (Lipinski definition) is 4. The smallest absolute Gasteiger partial charge is 0.306 e. The van der Waals surface area contributed by atoms with Crippen molar-refractivity contribution in [2.75, 3.05) is 0 Å². The molecule has 1 aliphatic heterocycles. The number of aliphatic hydroxyl groups excluding tert-OH is 1. The molecule has 1 saturated heterocycles. The molecule has 4 atom stereocenters. The Labute approximate surface area is 64.3 Å². The van der Waals surface area contributed by atoms with Gasteiger partial charge in [-0.3, -0.25) is 4.79 Å².